The van der Waals surface area contributed by atoms with Crippen molar-refractivity contribution in [2.45, 2.75) is 32.1 Å². The minimum Gasteiger partial charge on any atom is -0.299 e. The predicted molar refractivity (Wildman–Crippen MR) is 57.0 cm³/mol. The number of ketones is 1. The summed E-state index contributed by atoms with van der Waals surface area (Å²) in [5.41, 5.74) is 0.566. The lowest BCUT2D eigenvalue weighted by Crippen LogP contribution is -2.13. The lowest BCUT2D eigenvalue weighted by Gasteiger charge is -2.07. The molecule has 0 aromatic heterocycles. The van der Waals surface area contributed by atoms with Gasteiger partial charge < -0.3 is 0 Å². The molecule has 0 bridgehead atoms. The molecule has 0 unspecified atom stereocenters. The van der Waals surface area contributed by atoms with E-state index >= 15 is 0 Å². The standard InChI is InChI=1S/C13H14F2O/c14-11-6-5-9(7-12(11)15)8-13(16)10-3-1-2-4-10/h5-7,10H,1-4,8H2. The fraction of sp³-hybridized carbons (Fsp3) is 0.462. The summed E-state index contributed by atoms with van der Waals surface area (Å²) in [7, 11) is 0. The molecule has 1 aromatic carbocycles. The van der Waals surface area contributed by atoms with Crippen LogP contribution >= 0.6 is 0 Å². The molecule has 0 aliphatic heterocycles. The first kappa shape index (κ1) is 11.2. The summed E-state index contributed by atoms with van der Waals surface area (Å²) in [4.78, 5) is 11.8. The molecule has 0 saturated heterocycles. The molecule has 0 spiro atoms. The average Bonchev–Trinajstić information content (AvgIpc) is 2.77. The van der Waals surface area contributed by atoms with E-state index in [-0.39, 0.29) is 18.1 Å². The van der Waals surface area contributed by atoms with Gasteiger partial charge in [-0.2, -0.15) is 0 Å². The molecule has 86 valence electrons. The Morgan fingerprint density at radius 1 is 1.19 bits per heavy atom. The lowest BCUT2D eigenvalue weighted by molar-refractivity contribution is -0.122. The molecule has 3 heteroatoms. The second-order valence-corrected chi connectivity index (χ2v) is 4.37. The first-order chi connectivity index (χ1) is 7.66. The molecule has 0 radical (unpaired) electrons. The zero-order valence-electron chi connectivity index (χ0n) is 9.01. The number of benzene rings is 1. The Bertz CT molecular complexity index is 395. The summed E-state index contributed by atoms with van der Waals surface area (Å²) in [5.74, 6) is -1.45. The molecule has 1 nitrogen and oxygen atoms in total. The van der Waals surface area contributed by atoms with Crippen molar-refractivity contribution in [3.63, 3.8) is 0 Å². The van der Waals surface area contributed by atoms with Crippen LogP contribution in [0.15, 0.2) is 18.2 Å². The van der Waals surface area contributed by atoms with Gasteiger partial charge in [0.05, 0.1) is 0 Å². The van der Waals surface area contributed by atoms with Crippen molar-refractivity contribution in [1.82, 2.24) is 0 Å². The summed E-state index contributed by atoms with van der Waals surface area (Å²) in [6, 6.07) is 3.67. The van der Waals surface area contributed by atoms with Gasteiger partial charge in [-0.3, -0.25) is 4.79 Å². The van der Waals surface area contributed by atoms with Crippen LogP contribution < -0.4 is 0 Å². The van der Waals surface area contributed by atoms with E-state index in [0.717, 1.165) is 37.8 Å². The van der Waals surface area contributed by atoms with E-state index < -0.39 is 11.6 Å². The van der Waals surface area contributed by atoms with Crippen molar-refractivity contribution >= 4 is 5.78 Å². The van der Waals surface area contributed by atoms with E-state index in [4.69, 9.17) is 0 Å². The van der Waals surface area contributed by atoms with Gasteiger partial charge in [0.1, 0.15) is 5.78 Å². The highest BCUT2D eigenvalue weighted by atomic mass is 19.2. The number of carbonyl (C=O) groups is 1. The molecule has 0 amide bonds. The van der Waals surface area contributed by atoms with Crippen molar-refractivity contribution < 1.29 is 13.6 Å². The van der Waals surface area contributed by atoms with Gasteiger partial charge in [-0.1, -0.05) is 18.9 Å². The first-order valence-electron chi connectivity index (χ1n) is 5.63. The Hall–Kier alpha value is -1.25. The second kappa shape index (κ2) is 4.73. The Morgan fingerprint density at radius 2 is 1.88 bits per heavy atom. The summed E-state index contributed by atoms with van der Waals surface area (Å²) < 4.78 is 25.6. The number of Topliss-reactive ketones (excluding diaryl/α,β-unsaturated/α-hetero) is 1. The van der Waals surface area contributed by atoms with Gasteiger partial charge in [-0.25, -0.2) is 8.78 Å². The fourth-order valence-electron chi connectivity index (χ4n) is 2.24. The van der Waals surface area contributed by atoms with Crippen molar-refractivity contribution in [1.29, 1.82) is 0 Å². The molecule has 0 atom stereocenters. The van der Waals surface area contributed by atoms with Gasteiger partial charge in [0.15, 0.2) is 11.6 Å². The van der Waals surface area contributed by atoms with Crippen LogP contribution in [0.3, 0.4) is 0 Å². The maximum Gasteiger partial charge on any atom is 0.159 e. The Kier molecular flexibility index (Phi) is 3.32. The highest BCUT2D eigenvalue weighted by Crippen LogP contribution is 2.26. The van der Waals surface area contributed by atoms with Crippen LogP contribution in [0, 0.1) is 17.6 Å². The molecule has 1 aliphatic rings. The Morgan fingerprint density at radius 3 is 2.50 bits per heavy atom. The molecule has 0 N–H and O–H groups in total. The molecule has 0 heterocycles. The zero-order valence-corrected chi connectivity index (χ0v) is 9.01. The molecule has 2 rings (SSSR count). The third-order valence-electron chi connectivity index (χ3n) is 3.17. The van der Waals surface area contributed by atoms with Gasteiger partial charge in [0, 0.05) is 12.3 Å². The quantitative estimate of drug-likeness (QED) is 0.770. The Labute approximate surface area is 93.5 Å². The molecule has 1 saturated carbocycles. The topological polar surface area (TPSA) is 17.1 Å². The second-order valence-electron chi connectivity index (χ2n) is 4.37. The van der Waals surface area contributed by atoms with Crippen LogP contribution in [0.4, 0.5) is 8.78 Å². The van der Waals surface area contributed by atoms with E-state index in [9.17, 15) is 13.6 Å². The highest BCUT2D eigenvalue weighted by molar-refractivity contribution is 5.83. The van der Waals surface area contributed by atoms with Crippen LogP contribution in [0.5, 0.6) is 0 Å². The number of carbonyl (C=O) groups excluding carboxylic acids is 1. The van der Waals surface area contributed by atoms with Crippen LogP contribution in [-0.4, -0.2) is 5.78 Å². The molecule has 1 fully saturated rings. The smallest absolute Gasteiger partial charge is 0.159 e. The SMILES string of the molecule is O=C(Cc1ccc(F)c(F)c1)C1CCCC1. The highest BCUT2D eigenvalue weighted by Gasteiger charge is 2.22. The maximum absolute atomic E-state index is 12.9. The molecule has 16 heavy (non-hydrogen) atoms. The van der Waals surface area contributed by atoms with Crippen molar-refractivity contribution in [3.8, 4) is 0 Å². The molecular weight excluding hydrogens is 210 g/mol. The van der Waals surface area contributed by atoms with Gasteiger partial charge in [0.25, 0.3) is 0 Å². The lowest BCUT2D eigenvalue weighted by atomic mass is 9.96. The predicted octanol–water partition coefficient (Wildman–Crippen LogP) is 3.27. The number of hydrogen-bond donors (Lipinski definition) is 0. The van der Waals surface area contributed by atoms with Gasteiger partial charge in [0.2, 0.25) is 0 Å². The largest absolute Gasteiger partial charge is 0.299 e. The first-order valence-corrected chi connectivity index (χ1v) is 5.63. The van der Waals surface area contributed by atoms with Crippen LogP contribution in [0.1, 0.15) is 31.2 Å². The van der Waals surface area contributed by atoms with E-state index in [2.05, 4.69) is 0 Å². The van der Waals surface area contributed by atoms with Gasteiger partial charge in [-0.15, -0.1) is 0 Å². The van der Waals surface area contributed by atoms with E-state index in [1.807, 2.05) is 0 Å². The summed E-state index contributed by atoms with van der Waals surface area (Å²) >= 11 is 0. The summed E-state index contributed by atoms with van der Waals surface area (Å²) in [6.07, 6.45) is 4.33. The van der Waals surface area contributed by atoms with Crippen LogP contribution in [0.25, 0.3) is 0 Å². The molecular formula is C13H14F2O. The van der Waals surface area contributed by atoms with Crippen LogP contribution in [0.2, 0.25) is 0 Å². The number of hydrogen-bond acceptors (Lipinski definition) is 1. The molecule has 1 aliphatic carbocycles. The normalized spacial score (nSPS) is 16.6. The van der Waals surface area contributed by atoms with Crippen LogP contribution in [-0.2, 0) is 11.2 Å². The van der Waals surface area contributed by atoms with Gasteiger partial charge in [-0.05, 0) is 30.5 Å². The van der Waals surface area contributed by atoms with E-state index in [1.165, 1.54) is 6.07 Å². The van der Waals surface area contributed by atoms with Crippen molar-refractivity contribution in [2.75, 3.05) is 0 Å². The number of rotatable bonds is 3. The number of halogens is 2. The maximum atomic E-state index is 12.9. The van der Waals surface area contributed by atoms with Crippen molar-refractivity contribution in [3.05, 3.63) is 35.4 Å². The summed E-state index contributed by atoms with van der Waals surface area (Å²) in [6.45, 7) is 0. The minimum atomic E-state index is -0.878. The van der Waals surface area contributed by atoms with Crippen molar-refractivity contribution in [2.24, 2.45) is 5.92 Å². The van der Waals surface area contributed by atoms with E-state index in [1.54, 1.807) is 0 Å². The average molecular weight is 224 g/mol. The zero-order chi connectivity index (χ0) is 11.5. The summed E-state index contributed by atoms with van der Waals surface area (Å²) in [5, 5.41) is 0. The fourth-order valence-corrected chi connectivity index (χ4v) is 2.24. The Balaban J connectivity index is 2.02. The third kappa shape index (κ3) is 2.46. The minimum absolute atomic E-state index is 0.133. The third-order valence-corrected chi connectivity index (χ3v) is 3.17. The van der Waals surface area contributed by atoms with E-state index in [0.29, 0.717) is 5.56 Å². The van der Waals surface area contributed by atoms with Gasteiger partial charge >= 0.3 is 0 Å². The monoisotopic (exact) mass is 224 g/mol. The molecule has 1 aromatic rings.